The number of rotatable bonds is 4. The molecule has 30 heavy (non-hydrogen) atoms. The third-order valence-electron chi connectivity index (χ3n) is 6.15. The van der Waals surface area contributed by atoms with Gasteiger partial charge in [-0.1, -0.05) is 6.42 Å². The average Bonchev–Trinajstić information content (AvgIpc) is 3.11. The zero-order chi connectivity index (χ0) is 20.4. The van der Waals surface area contributed by atoms with E-state index in [2.05, 4.69) is 20.2 Å². The smallest absolute Gasteiger partial charge is 0.279 e. The first-order valence-corrected chi connectivity index (χ1v) is 10.9. The number of aromatic nitrogens is 2. The molecular formula is C22H28N5O3+. The fourth-order valence-electron chi connectivity index (χ4n) is 4.55. The van der Waals surface area contributed by atoms with Crippen molar-refractivity contribution < 1.29 is 19.2 Å². The van der Waals surface area contributed by atoms with E-state index in [9.17, 15) is 4.79 Å². The summed E-state index contributed by atoms with van der Waals surface area (Å²) >= 11 is 0. The number of carbonyl (C=O) groups is 1. The number of carbonyl (C=O) groups excluding carboxylic acids is 1. The normalized spacial score (nSPS) is 20.3. The van der Waals surface area contributed by atoms with Crippen molar-refractivity contribution in [2.45, 2.75) is 37.9 Å². The number of hydrogen-bond donors (Lipinski definition) is 2. The van der Waals surface area contributed by atoms with E-state index in [-0.39, 0.29) is 5.91 Å². The number of ether oxygens (including phenoxy) is 2. The van der Waals surface area contributed by atoms with Crippen molar-refractivity contribution in [3.63, 3.8) is 0 Å². The van der Waals surface area contributed by atoms with Gasteiger partial charge in [0, 0.05) is 37.0 Å². The average molecular weight is 410 g/mol. The summed E-state index contributed by atoms with van der Waals surface area (Å²) < 4.78 is 12.3. The number of piperazine rings is 1. The molecule has 0 atom stereocenters. The summed E-state index contributed by atoms with van der Waals surface area (Å²) in [6.07, 6.45) is 8.86. The molecule has 1 saturated carbocycles. The first-order valence-electron chi connectivity index (χ1n) is 10.9. The molecule has 1 saturated heterocycles. The molecule has 3 aliphatic rings. The van der Waals surface area contributed by atoms with Crippen LogP contribution in [0.25, 0.3) is 0 Å². The summed E-state index contributed by atoms with van der Waals surface area (Å²) in [5, 5.41) is 3.02. The Bertz CT molecular complexity index is 893. The van der Waals surface area contributed by atoms with Crippen molar-refractivity contribution in [1.82, 2.24) is 9.97 Å². The van der Waals surface area contributed by atoms with E-state index >= 15 is 0 Å². The lowest BCUT2D eigenvalue weighted by atomic mass is 9.94. The Morgan fingerprint density at radius 1 is 1.07 bits per heavy atom. The molecule has 8 nitrogen and oxygen atoms in total. The largest absolute Gasteiger partial charge is 0.448 e. The molecule has 158 valence electrons. The Labute approximate surface area is 176 Å². The Morgan fingerprint density at radius 3 is 2.57 bits per heavy atom. The van der Waals surface area contributed by atoms with Gasteiger partial charge < -0.3 is 24.6 Å². The fourth-order valence-corrected chi connectivity index (χ4v) is 4.55. The molecule has 2 aromatic rings. The molecule has 1 aromatic carbocycles. The van der Waals surface area contributed by atoms with Crippen LogP contribution in [0, 0.1) is 0 Å². The highest BCUT2D eigenvalue weighted by Crippen LogP contribution is 2.46. The van der Waals surface area contributed by atoms with Crippen LogP contribution in [0.2, 0.25) is 0 Å². The van der Waals surface area contributed by atoms with Crippen LogP contribution in [-0.4, -0.2) is 54.4 Å². The Morgan fingerprint density at radius 2 is 1.80 bits per heavy atom. The fraction of sp³-hybridized carbons (Fsp3) is 0.500. The van der Waals surface area contributed by atoms with Crippen LogP contribution < -0.4 is 24.6 Å². The van der Waals surface area contributed by atoms with Gasteiger partial charge in [0.15, 0.2) is 18.0 Å². The zero-order valence-electron chi connectivity index (χ0n) is 17.1. The number of benzene rings is 1. The van der Waals surface area contributed by atoms with Gasteiger partial charge in [0.2, 0.25) is 5.95 Å². The molecule has 1 aliphatic carbocycles. The summed E-state index contributed by atoms with van der Waals surface area (Å²) in [6.45, 7) is 3.91. The van der Waals surface area contributed by atoms with Crippen LogP contribution in [0.3, 0.4) is 0 Å². The number of amides is 1. The quantitative estimate of drug-likeness (QED) is 0.790. The molecule has 1 aromatic heterocycles. The monoisotopic (exact) mass is 410 g/mol. The molecule has 0 radical (unpaired) electrons. The topological polar surface area (TPSA) is 81.0 Å². The lowest BCUT2D eigenvalue weighted by Gasteiger charge is -2.31. The van der Waals surface area contributed by atoms with Crippen LogP contribution in [0.5, 0.6) is 11.5 Å². The van der Waals surface area contributed by atoms with Crippen molar-refractivity contribution in [2.75, 3.05) is 42.9 Å². The van der Waals surface area contributed by atoms with E-state index in [1.165, 1.54) is 11.3 Å². The minimum atomic E-state index is -0.491. The molecule has 0 unspecified atom stereocenters. The van der Waals surface area contributed by atoms with Gasteiger partial charge in [-0.2, -0.15) is 0 Å². The zero-order valence-corrected chi connectivity index (χ0v) is 17.1. The first-order chi connectivity index (χ1) is 14.7. The summed E-state index contributed by atoms with van der Waals surface area (Å²) in [5.74, 6) is 1.80. The van der Waals surface area contributed by atoms with E-state index in [1.807, 2.05) is 24.3 Å². The van der Waals surface area contributed by atoms with Crippen molar-refractivity contribution in [3.05, 3.63) is 36.7 Å². The number of nitrogens with one attached hydrogen (secondary N) is 2. The highest BCUT2D eigenvalue weighted by atomic mass is 16.7. The highest BCUT2D eigenvalue weighted by molar-refractivity contribution is 5.91. The van der Waals surface area contributed by atoms with E-state index in [0.717, 1.165) is 75.0 Å². The van der Waals surface area contributed by atoms with E-state index < -0.39 is 5.79 Å². The van der Waals surface area contributed by atoms with Crippen LogP contribution in [0.4, 0.5) is 11.6 Å². The molecule has 3 heterocycles. The highest BCUT2D eigenvalue weighted by Gasteiger charge is 2.42. The number of anilines is 2. The maximum atomic E-state index is 12.6. The van der Waals surface area contributed by atoms with E-state index in [0.29, 0.717) is 6.54 Å². The minimum Gasteiger partial charge on any atom is -0.448 e. The van der Waals surface area contributed by atoms with Crippen LogP contribution in [-0.2, 0) is 4.79 Å². The summed E-state index contributed by atoms with van der Waals surface area (Å²) in [7, 11) is 0. The Balaban J connectivity index is 1.13. The second-order valence-corrected chi connectivity index (χ2v) is 8.35. The lowest BCUT2D eigenvalue weighted by Crippen LogP contribution is -3.15. The molecule has 1 spiro atoms. The van der Waals surface area contributed by atoms with E-state index in [4.69, 9.17) is 9.47 Å². The molecule has 5 rings (SSSR count). The third kappa shape index (κ3) is 4.05. The van der Waals surface area contributed by atoms with Crippen molar-refractivity contribution in [1.29, 1.82) is 0 Å². The van der Waals surface area contributed by atoms with Gasteiger partial charge >= 0.3 is 0 Å². The molecule has 8 heteroatoms. The standard InChI is InChI=1S/C22H27N5O3/c28-20(16-26-11-13-27(14-12-26)21-23-9-4-10-24-21)25-17-5-6-18-19(15-17)30-22(29-18)7-2-1-3-8-22/h4-6,9-10,15H,1-3,7-8,11-14,16H2,(H,25,28)/p+1. The molecule has 1 amide bonds. The molecule has 2 aliphatic heterocycles. The van der Waals surface area contributed by atoms with Crippen LogP contribution in [0.15, 0.2) is 36.7 Å². The second kappa shape index (κ2) is 8.10. The van der Waals surface area contributed by atoms with Gasteiger partial charge in [-0.25, -0.2) is 9.97 Å². The van der Waals surface area contributed by atoms with Crippen molar-refractivity contribution in [2.24, 2.45) is 0 Å². The third-order valence-corrected chi connectivity index (χ3v) is 6.15. The molecular weight excluding hydrogens is 382 g/mol. The Hall–Kier alpha value is -2.87. The summed E-state index contributed by atoms with van der Waals surface area (Å²) in [6, 6.07) is 7.50. The number of hydrogen-bond acceptors (Lipinski definition) is 6. The van der Waals surface area contributed by atoms with Gasteiger partial charge in [0.1, 0.15) is 0 Å². The van der Waals surface area contributed by atoms with Gasteiger partial charge in [-0.05, 0) is 31.0 Å². The van der Waals surface area contributed by atoms with Crippen LogP contribution >= 0.6 is 0 Å². The number of fused-ring (bicyclic) bond motifs is 1. The van der Waals surface area contributed by atoms with Crippen molar-refractivity contribution in [3.8, 4) is 11.5 Å². The summed E-state index contributed by atoms with van der Waals surface area (Å²) in [4.78, 5) is 24.6. The minimum absolute atomic E-state index is 0.0145. The molecule has 0 bridgehead atoms. The van der Waals surface area contributed by atoms with Gasteiger partial charge in [0.05, 0.1) is 26.2 Å². The number of nitrogens with zero attached hydrogens (tertiary/aromatic N) is 3. The summed E-state index contributed by atoms with van der Waals surface area (Å²) in [5.41, 5.74) is 0.755. The van der Waals surface area contributed by atoms with Gasteiger partial charge in [-0.3, -0.25) is 4.79 Å². The maximum absolute atomic E-state index is 12.6. The van der Waals surface area contributed by atoms with Crippen LogP contribution in [0.1, 0.15) is 32.1 Å². The molecule has 2 fully saturated rings. The predicted molar refractivity (Wildman–Crippen MR) is 112 cm³/mol. The SMILES string of the molecule is O=C(C[NH+]1CCN(c2ncccn2)CC1)Nc1ccc2c(c1)OC1(CCCCC1)O2. The first kappa shape index (κ1) is 19.1. The second-order valence-electron chi connectivity index (χ2n) is 8.35. The predicted octanol–water partition coefficient (Wildman–Crippen LogP) is 1.25. The van der Waals surface area contributed by atoms with E-state index in [1.54, 1.807) is 12.4 Å². The van der Waals surface area contributed by atoms with Gasteiger partial charge in [-0.15, -0.1) is 0 Å². The Kier molecular flexibility index (Phi) is 5.16. The molecule has 2 N–H and O–H groups in total. The number of quaternary nitrogens is 1. The lowest BCUT2D eigenvalue weighted by molar-refractivity contribution is -0.892. The van der Waals surface area contributed by atoms with Gasteiger partial charge in [0.25, 0.3) is 11.7 Å². The maximum Gasteiger partial charge on any atom is 0.279 e. The van der Waals surface area contributed by atoms with Crippen molar-refractivity contribution >= 4 is 17.5 Å².